The molecule has 0 saturated heterocycles. The second-order valence-corrected chi connectivity index (χ2v) is 7.50. The van der Waals surface area contributed by atoms with Gasteiger partial charge in [-0.25, -0.2) is 18.7 Å². The number of aryl methyl sites for hydroxylation is 2. The van der Waals surface area contributed by atoms with Crippen molar-refractivity contribution >= 4 is 5.97 Å². The van der Waals surface area contributed by atoms with E-state index < -0.39 is 24.9 Å². The molecule has 0 amide bonds. The fourth-order valence-corrected chi connectivity index (χ4v) is 2.94. The normalized spacial score (nSPS) is 11.7. The summed E-state index contributed by atoms with van der Waals surface area (Å²) < 4.78 is 53.9. The van der Waals surface area contributed by atoms with Crippen molar-refractivity contribution in [2.24, 2.45) is 0 Å². The molecular formula is C23H28F4N2O2. The quantitative estimate of drug-likeness (QED) is 0.217. The van der Waals surface area contributed by atoms with E-state index in [4.69, 9.17) is 0 Å². The lowest BCUT2D eigenvalue weighted by atomic mass is 10.1. The van der Waals surface area contributed by atoms with Crippen LogP contribution in [-0.4, -0.2) is 34.9 Å². The molecule has 31 heavy (non-hydrogen) atoms. The predicted octanol–water partition coefficient (Wildman–Crippen LogP) is 6.03. The number of halogens is 4. The van der Waals surface area contributed by atoms with Gasteiger partial charge >= 0.3 is 18.3 Å². The Morgan fingerprint density at radius 1 is 0.968 bits per heavy atom. The van der Waals surface area contributed by atoms with Crippen LogP contribution < -0.4 is 0 Å². The first-order chi connectivity index (χ1) is 14.8. The van der Waals surface area contributed by atoms with Gasteiger partial charge in [-0.05, 0) is 30.4 Å². The molecule has 0 aliphatic rings. The van der Waals surface area contributed by atoms with Crippen LogP contribution in [0.3, 0.4) is 0 Å². The number of benzene rings is 1. The third kappa shape index (κ3) is 8.63. The molecule has 1 aromatic heterocycles. The zero-order valence-corrected chi connectivity index (χ0v) is 17.6. The van der Waals surface area contributed by atoms with E-state index in [-0.39, 0.29) is 12.8 Å². The highest BCUT2D eigenvalue weighted by Gasteiger charge is 2.42. The van der Waals surface area contributed by atoms with E-state index in [0.717, 1.165) is 29.5 Å². The van der Waals surface area contributed by atoms with Crippen LogP contribution in [0.1, 0.15) is 56.6 Å². The summed E-state index contributed by atoms with van der Waals surface area (Å²) in [6, 6.07) is 7.18. The molecule has 0 fully saturated rings. The largest absolute Gasteiger partial charge is 0.459 e. The first kappa shape index (κ1) is 24.8. The van der Waals surface area contributed by atoms with Crippen LogP contribution in [0.5, 0.6) is 0 Å². The standard InChI is InChI=1S/C23H28F4N2O2/c1-2-3-4-5-6-7-18-14-28-21(29-15-18)19-11-8-17(9-12-19)10-13-20(30)31-16-23(26,27)22(24)25/h8-9,11-12,14-15,22H,2-7,10,13,16H2,1H3. The molecule has 8 heteroatoms. The van der Waals surface area contributed by atoms with Gasteiger partial charge in [-0.2, -0.15) is 8.78 Å². The highest BCUT2D eigenvalue weighted by Crippen LogP contribution is 2.23. The molecule has 0 radical (unpaired) electrons. The molecule has 170 valence electrons. The zero-order valence-electron chi connectivity index (χ0n) is 17.6. The molecule has 0 bridgehead atoms. The summed E-state index contributed by atoms with van der Waals surface area (Å²) in [7, 11) is 0. The fraction of sp³-hybridized carbons (Fsp3) is 0.522. The summed E-state index contributed by atoms with van der Waals surface area (Å²) in [5.41, 5.74) is 2.70. The number of hydrogen-bond acceptors (Lipinski definition) is 4. The van der Waals surface area contributed by atoms with E-state index in [1.165, 1.54) is 25.7 Å². The van der Waals surface area contributed by atoms with Gasteiger partial charge < -0.3 is 4.74 Å². The van der Waals surface area contributed by atoms with Crippen LogP contribution >= 0.6 is 0 Å². The van der Waals surface area contributed by atoms with Gasteiger partial charge in [0.1, 0.15) is 0 Å². The lowest BCUT2D eigenvalue weighted by molar-refractivity contribution is -0.179. The maximum absolute atomic E-state index is 12.8. The fourth-order valence-electron chi connectivity index (χ4n) is 2.94. The van der Waals surface area contributed by atoms with Gasteiger partial charge in [-0.3, -0.25) is 4.79 Å². The Kier molecular flexibility index (Phi) is 9.88. The summed E-state index contributed by atoms with van der Waals surface area (Å²) in [5, 5.41) is 0. The highest BCUT2D eigenvalue weighted by atomic mass is 19.3. The molecule has 1 aromatic carbocycles. The number of alkyl halides is 4. The number of nitrogens with zero attached hydrogens (tertiary/aromatic N) is 2. The molecule has 2 rings (SSSR count). The van der Waals surface area contributed by atoms with Gasteiger partial charge in [0.2, 0.25) is 0 Å². The van der Waals surface area contributed by atoms with E-state index in [1.807, 2.05) is 24.5 Å². The number of aromatic nitrogens is 2. The van der Waals surface area contributed by atoms with Crippen molar-refractivity contribution in [1.82, 2.24) is 9.97 Å². The van der Waals surface area contributed by atoms with Crippen molar-refractivity contribution in [3.63, 3.8) is 0 Å². The molecule has 0 aliphatic carbocycles. The highest BCUT2D eigenvalue weighted by molar-refractivity contribution is 5.69. The Labute approximate surface area is 180 Å². The SMILES string of the molecule is CCCCCCCc1cnc(-c2ccc(CCC(=O)OCC(F)(F)C(F)F)cc2)nc1. The second kappa shape index (κ2) is 12.4. The number of esters is 1. The van der Waals surface area contributed by atoms with E-state index in [2.05, 4.69) is 21.6 Å². The smallest absolute Gasteiger partial charge is 0.340 e. The minimum absolute atomic E-state index is 0.178. The van der Waals surface area contributed by atoms with Crippen LogP contribution in [0.15, 0.2) is 36.7 Å². The molecule has 0 saturated carbocycles. The predicted molar refractivity (Wildman–Crippen MR) is 110 cm³/mol. The molecular weight excluding hydrogens is 412 g/mol. The Hall–Kier alpha value is -2.51. The topological polar surface area (TPSA) is 52.1 Å². The van der Waals surface area contributed by atoms with Crippen molar-refractivity contribution in [2.45, 2.75) is 70.6 Å². The monoisotopic (exact) mass is 440 g/mol. The Bertz CT molecular complexity index is 796. The second-order valence-electron chi connectivity index (χ2n) is 7.50. The molecule has 0 N–H and O–H groups in total. The Balaban J connectivity index is 1.79. The van der Waals surface area contributed by atoms with Gasteiger partial charge in [0.25, 0.3) is 0 Å². The van der Waals surface area contributed by atoms with Gasteiger partial charge in [0.05, 0.1) is 0 Å². The molecule has 1 heterocycles. The number of carbonyl (C=O) groups is 1. The summed E-state index contributed by atoms with van der Waals surface area (Å²) in [6.07, 6.45) is 6.90. The average Bonchev–Trinajstić information content (AvgIpc) is 2.77. The Morgan fingerprint density at radius 3 is 2.23 bits per heavy atom. The number of rotatable bonds is 13. The molecule has 4 nitrogen and oxygen atoms in total. The molecule has 2 aromatic rings. The van der Waals surface area contributed by atoms with Crippen LogP contribution in [-0.2, 0) is 22.4 Å². The maximum Gasteiger partial charge on any atom is 0.340 e. The third-order valence-corrected chi connectivity index (χ3v) is 4.85. The van der Waals surface area contributed by atoms with Gasteiger partial charge in [-0.15, -0.1) is 0 Å². The first-order valence-corrected chi connectivity index (χ1v) is 10.5. The maximum atomic E-state index is 12.8. The zero-order chi connectivity index (χ0) is 22.7. The van der Waals surface area contributed by atoms with Gasteiger partial charge in [0, 0.05) is 24.4 Å². The first-order valence-electron chi connectivity index (χ1n) is 10.5. The van der Waals surface area contributed by atoms with Crippen molar-refractivity contribution in [1.29, 1.82) is 0 Å². The minimum Gasteiger partial charge on any atom is -0.459 e. The van der Waals surface area contributed by atoms with Crippen LogP contribution in [0.2, 0.25) is 0 Å². The summed E-state index contributed by atoms with van der Waals surface area (Å²) in [5.74, 6) is -4.69. The summed E-state index contributed by atoms with van der Waals surface area (Å²) in [4.78, 5) is 20.3. The van der Waals surface area contributed by atoms with Crippen molar-refractivity contribution < 1.29 is 27.1 Å². The Morgan fingerprint density at radius 2 is 1.61 bits per heavy atom. The number of unbranched alkanes of at least 4 members (excludes halogenated alkanes) is 4. The van der Waals surface area contributed by atoms with E-state index in [0.29, 0.717) is 5.82 Å². The molecule has 0 unspecified atom stereocenters. The number of hydrogen-bond donors (Lipinski definition) is 0. The van der Waals surface area contributed by atoms with Crippen LogP contribution in [0, 0.1) is 0 Å². The van der Waals surface area contributed by atoms with E-state index >= 15 is 0 Å². The molecule has 0 aliphatic heterocycles. The third-order valence-electron chi connectivity index (χ3n) is 4.85. The van der Waals surface area contributed by atoms with E-state index in [9.17, 15) is 22.4 Å². The molecule has 0 spiro atoms. The average molecular weight is 440 g/mol. The summed E-state index contributed by atoms with van der Waals surface area (Å²) >= 11 is 0. The summed E-state index contributed by atoms with van der Waals surface area (Å²) in [6.45, 7) is 0.575. The lowest BCUT2D eigenvalue weighted by Gasteiger charge is -2.14. The van der Waals surface area contributed by atoms with Crippen molar-refractivity contribution in [3.05, 3.63) is 47.8 Å². The van der Waals surface area contributed by atoms with Crippen LogP contribution in [0.4, 0.5) is 17.6 Å². The lowest BCUT2D eigenvalue weighted by Crippen LogP contribution is -2.33. The minimum atomic E-state index is -4.33. The van der Waals surface area contributed by atoms with Crippen LogP contribution in [0.25, 0.3) is 11.4 Å². The molecule has 0 atom stereocenters. The van der Waals surface area contributed by atoms with Gasteiger partial charge in [-0.1, -0.05) is 56.9 Å². The van der Waals surface area contributed by atoms with E-state index in [1.54, 1.807) is 12.1 Å². The van der Waals surface area contributed by atoms with Gasteiger partial charge in [0.15, 0.2) is 12.4 Å². The van der Waals surface area contributed by atoms with Crippen molar-refractivity contribution in [2.75, 3.05) is 6.61 Å². The van der Waals surface area contributed by atoms with Crippen molar-refractivity contribution in [3.8, 4) is 11.4 Å². The number of ether oxygens (including phenoxy) is 1. The number of carbonyl (C=O) groups excluding carboxylic acids is 1.